The Balaban J connectivity index is 1.43. The molecule has 3 heterocycles. The zero-order valence-electron chi connectivity index (χ0n) is 15.4. The lowest BCUT2D eigenvalue weighted by Gasteiger charge is -2.14. The Labute approximate surface area is 164 Å². The van der Waals surface area contributed by atoms with Gasteiger partial charge in [-0.25, -0.2) is 4.79 Å². The van der Waals surface area contributed by atoms with E-state index in [1.54, 1.807) is 25.1 Å². The summed E-state index contributed by atoms with van der Waals surface area (Å²) in [5.74, 6) is 0.0852. The number of rotatable bonds is 5. The van der Waals surface area contributed by atoms with Crippen LogP contribution in [0.5, 0.6) is 5.75 Å². The van der Waals surface area contributed by atoms with Gasteiger partial charge in [0.25, 0.3) is 5.91 Å². The molecule has 28 heavy (non-hydrogen) atoms. The number of amides is 1. The van der Waals surface area contributed by atoms with Gasteiger partial charge in [0.1, 0.15) is 22.4 Å². The lowest BCUT2D eigenvalue weighted by atomic mass is 10.1. The van der Waals surface area contributed by atoms with Crippen LogP contribution in [0.25, 0.3) is 11.0 Å². The second-order valence-electron chi connectivity index (χ2n) is 6.60. The number of anilines is 1. The average Bonchev–Trinajstić information content (AvgIpc) is 3.32. The molecular formula is C19H19N3O5S. The first-order chi connectivity index (χ1) is 13.5. The number of ether oxygens (including phenoxy) is 2. The molecule has 2 aromatic heterocycles. The van der Waals surface area contributed by atoms with Crippen LogP contribution in [-0.4, -0.2) is 28.8 Å². The van der Waals surface area contributed by atoms with E-state index in [9.17, 15) is 9.59 Å². The van der Waals surface area contributed by atoms with Crippen molar-refractivity contribution in [2.24, 2.45) is 0 Å². The van der Waals surface area contributed by atoms with Gasteiger partial charge in [0.2, 0.25) is 5.13 Å². The fourth-order valence-electron chi connectivity index (χ4n) is 3.03. The van der Waals surface area contributed by atoms with Crippen molar-refractivity contribution in [3.8, 4) is 5.75 Å². The molecule has 0 bridgehead atoms. The van der Waals surface area contributed by atoms with E-state index < -0.39 is 11.7 Å². The Hall–Kier alpha value is -2.78. The number of carbonyl (C=O) groups is 1. The molecule has 1 aliphatic rings. The van der Waals surface area contributed by atoms with Gasteiger partial charge in [-0.15, -0.1) is 10.2 Å². The van der Waals surface area contributed by atoms with E-state index in [1.165, 1.54) is 17.4 Å². The van der Waals surface area contributed by atoms with Gasteiger partial charge in [0, 0.05) is 24.1 Å². The maximum atomic E-state index is 12.4. The predicted octanol–water partition coefficient (Wildman–Crippen LogP) is 3.21. The number of benzene rings is 1. The molecule has 0 spiro atoms. The Morgan fingerprint density at radius 3 is 3.00 bits per heavy atom. The highest BCUT2D eigenvalue weighted by Gasteiger charge is 2.23. The Morgan fingerprint density at radius 2 is 2.21 bits per heavy atom. The van der Waals surface area contributed by atoms with Crippen LogP contribution in [0.1, 0.15) is 36.4 Å². The molecule has 1 fully saturated rings. The van der Waals surface area contributed by atoms with Crippen LogP contribution in [0, 0.1) is 6.92 Å². The molecule has 1 N–H and O–H groups in total. The summed E-state index contributed by atoms with van der Waals surface area (Å²) < 4.78 is 16.5. The van der Waals surface area contributed by atoms with Crippen molar-refractivity contribution in [1.82, 2.24) is 10.2 Å². The number of nitrogens with zero attached hydrogens (tertiary/aromatic N) is 2. The molecule has 2 atom stereocenters. The summed E-state index contributed by atoms with van der Waals surface area (Å²) in [7, 11) is 0. The summed E-state index contributed by atoms with van der Waals surface area (Å²) >= 11 is 1.30. The van der Waals surface area contributed by atoms with Gasteiger partial charge in [-0.1, -0.05) is 11.3 Å². The number of carbonyl (C=O) groups excluding carboxylic acids is 1. The number of hydrogen-bond donors (Lipinski definition) is 1. The lowest BCUT2D eigenvalue weighted by Crippen LogP contribution is -2.30. The van der Waals surface area contributed by atoms with Crippen molar-refractivity contribution in [3.05, 3.63) is 45.3 Å². The molecular weight excluding hydrogens is 382 g/mol. The van der Waals surface area contributed by atoms with Crippen molar-refractivity contribution >= 4 is 33.3 Å². The highest BCUT2D eigenvalue weighted by Crippen LogP contribution is 2.32. The maximum absolute atomic E-state index is 12.4. The zero-order chi connectivity index (χ0) is 19.7. The molecule has 0 unspecified atom stereocenters. The second kappa shape index (κ2) is 7.69. The van der Waals surface area contributed by atoms with Crippen molar-refractivity contribution in [3.63, 3.8) is 0 Å². The molecule has 1 saturated heterocycles. The van der Waals surface area contributed by atoms with Crippen LogP contribution in [0.15, 0.2) is 33.5 Å². The number of fused-ring (bicyclic) bond motifs is 1. The smallest absolute Gasteiger partial charge is 0.336 e. The summed E-state index contributed by atoms with van der Waals surface area (Å²) in [6, 6.07) is 6.58. The van der Waals surface area contributed by atoms with E-state index >= 15 is 0 Å². The minimum Gasteiger partial charge on any atom is -0.481 e. The first-order valence-electron chi connectivity index (χ1n) is 8.96. The van der Waals surface area contributed by atoms with E-state index in [-0.39, 0.29) is 12.0 Å². The first-order valence-corrected chi connectivity index (χ1v) is 9.78. The molecule has 0 saturated carbocycles. The number of aryl methyl sites for hydroxylation is 1. The third-order valence-corrected chi connectivity index (χ3v) is 5.41. The minimum absolute atomic E-state index is 0.0347. The number of hydrogen-bond acceptors (Lipinski definition) is 8. The summed E-state index contributed by atoms with van der Waals surface area (Å²) in [6.07, 6.45) is 1.11. The summed E-state index contributed by atoms with van der Waals surface area (Å²) in [4.78, 5) is 24.0. The van der Waals surface area contributed by atoms with E-state index in [2.05, 4.69) is 15.5 Å². The molecule has 1 amide bonds. The molecule has 8 nitrogen and oxygen atoms in total. The molecule has 1 aliphatic heterocycles. The highest BCUT2D eigenvalue weighted by atomic mass is 32.1. The van der Waals surface area contributed by atoms with Gasteiger partial charge in [0.15, 0.2) is 6.10 Å². The average molecular weight is 401 g/mol. The van der Waals surface area contributed by atoms with E-state index in [0.717, 1.165) is 35.4 Å². The molecule has 1 aromatic carbocycles. The fourth-order valence-corrected chi connectivity index (χ4v) is 3.86. The molecule has 3 aromatic rings. The summed E-state index contributed by atoms with van der Waals surface area (Å²) in [5, 5.41) is 12.8. The molecule has 9 heteroatoms. The SMILES string of the molecule is Cc1cc(=O)oc2cc(O[C@@H](C)C(=O)Nc3nnc([C@@H]4CCCO4)s3)ccc12. The Kier molecular flexibility index (Phi) is 5.10. The predicted molar refractivity (Wildman–Crippen MR) is 104 cm³/mol. The zero-order valence-corrected chi connectivity index (χ0v) is 16.2. The van der Waals surface area contributed by atoms with E-state index in [0.29, 0.717) is 16.5 Å². The van der Waals surface area contributed by atoms with Gasteiger partial charge in [-0.05, 0) is 44.4 Å². The lowest BCUT2D eigenvalue weighted by molar-refractivity contribution is -0.122. The van der Waals surface area contributed by atoms with Crippen LogP contribution < -0.4 is 15.7 Å². The summed E-state index contributed by atoms with van der Waals surface area (Å²) in [6.45, 7) is 4.19. The van der Waals surface area contributed by atoms with Crippen LogP contribution in [-0.2, 0) is 9.53 Å². The Bertz CT molecular complexity index is 1070. The first kappa shape index (κ1) is 18.6. The van der Waals surface area contributed by atoms with Crippen molar-refractivity contribution in [1.29, 1.82) is 0 Å². The molecule has 0 aliphatic carbocycles. The van der Waals surface area contributed by atoms with Crippen molar-refractivity contribution in [2.45, 2.75) is 38.9 Å². The van der Waals surface area contributed by atoms with Crippen LogP contribution in [0.2, 0.25) is 0 Å². The number of aromatic nitrogens is 2. The third-order valence-electron chi connectivity index (χ3n) is 4.48. The van der Waals surface area contributed by atoms with Gasteiger partial charge >= 0.3 is 5.63 Å². The van der Waals surface area contributed by atoms with Gasteiger partial charge < -0.3 is 13.9 Å². The summed E-state index contributed by atoms with van der Waals surface area (Å²) in [5.41, 5.74) is 0.814. The standard InChI is InChI=1S/C19H19N3O5S/c1-10-8-16(23)27-15-9-12(5-6-13(10)15)26-11(2)17(24)20-19-22-21-18(28-19)14-4-3-7-25-14/h5-6,8-9,11,14H,3-4,7H2,1-2H3,(H,20,22,24)/t11-,14-/m0/s1. The minimum atomic E-state index is -0.774. The van der Waals surface area contributed by atoms with Gasteiger partial charge in [0.05, 0.1) is 0 Å². The van der Waals surface area contributed by atoms with E-state index in [1.807, 2.05) is 6.92 Å². The van der Waals surface area contributed by atoms with Crippen molar-refractivity contribution in [2.75, 3.05) is 11.9 Å². The quantitative estimate of drug-likeness (QED) is 0.655. The maximum Gasteiger partial charge on any atom is 0.336 e. The fraction of sp³-hybridized carbons (Fsp3) is 0.368. The third kappa shape index (κ3) is 3.90. The second-order valence-corrected chi connectivity index (χ2v) is 7.61. The Morgan fingerprint density at radius 1 is 1.36 bits per heavy atom. The largest absolute Gasteiger partial charge is 0.481 e. The molecule has 4 rings (SSSR count). The topological polar surface area (TPSA) is 104 Å². The van der Waals surface area contributed by atoms with Crippen molar-refractivity contribution < 1.29 is 18.7 Å². The van der Waals surface area contributed by atoms with Gasteiger partial charge in [-0.3, -0.25) is 10.1 Å². The molecule has 0 radical (unpaired) electrons. The molecule has 146 valence electrons. The highest BCUT2D eigenvalue weighted by molar-refractivity contribution is 7.15. The normalized spacial score (nSPS) is 17.6. The van der Waals surface area contributed by atoms with Crippen LogP contribution >= 0.6 is 11.3 Å². The number of nitrogens with one attached hydrogen (secondary N) is 1. The monoisotopic (exact) mass is 401 g/mol. The van der Waals surface area contributed by atoms with Gasteiger partial charge in [-0.2, -0.15) is 0 Å². The van der Waals surface area contributed by atoms with E-state index in [4.69, 9.17) is 13.9 Å². The van der Waals surface area contributed by atoms with Crippen LogP contribution in [0.3, 0.4) is 0 Å². The van der Waals surface area contributed by atoms with Crippen LogP contribution in [0.4, 0.5) is 5.13 Å².